The summed E-state index contributed by atoms with van der Waals surface area (Å²) in [4.78, 5) is 12.9. The molecule has 136 valence electrons. The SMILES string of the molecule is O[C@H]1[C@H](Cn2cnc3c(NCc4cccc(F)c4)ncnc32)CC[C@H]1O. The van der Waals surface area contributed by atoms with Gasteiger partial charge in [-0.25, -0.2) is 19.3 Å². The highest BCUT2D eigenvalue weighted by Crippen LogP contribution is 2.29. The molecule has 1 aromatic carbocycles. The van der Waals surface area contributed by atoms with E-state index in [0.717, 1.165) is 12.0 Å². The first-order chi connectivity index (χ1) is 12.6. The van der Waals surface area contributed by atoms with Crippen molar-refractivity contribution in [3.05, 3.63) is 48.3 Å². The molecule has 1 aliphatic carbocycles. The molecule has 7 nitrogen and oxygen atoms in total. The Hall–Kier alpha value is -2.58. The highest BCUT2D eigenvalue weighted by atomic mass is 19.1. The molecule has 0 aliphatic heterocycles. The molecule has 1 aliphatic rings. The fourth-order valence-corrected chi connectivity index (χ4v) is 3.47. The fourth-order valence-electron chi connectivity index (χ4n) is 3.47. The largest absolute Gasteiger partial charge is 0.390 e. The summed E-state index contributed by atoms with van der Waals surface area (Å²) in [7, 11) is 0. The van der Waals surface area contributed by atoms with Gasteiger partial charge in [0.15, 0.2) is 11.5 Å². The Morgan fingerprint density at radius 2 is 2.08 bits per heavy atom. The number of rotatable bonds is 5. The average Bonchev–Trinajstić information content (AvgIpc) is 3.19. The normalized spacial score (nSPS) is 22.8. The first kappa shape index (κ1) is 16.9. The van der Waals surface area contributed by atoms with Crippen molar-refractivity contribution < 1.29 is 14.6 Å². The standard InChI is InChI=1S/C18H20FN5O2/c19-13-3-1-2-11(6-13)7-20-17-15-18(22-9-21-17)24(10-23-15)8-12-4-5-14(25)16(12)26/h1-3,6,9-10,12,14,16,25-26H,4-5,7-8H2,(H,20,21,22)/t12-,14+,16-/m0/s1. The van der Waals surface area contributed by atoms with Gasteiger partial charge >= 0.3 is 0 Å². The number of aliphatic hydroxyl groups is 2. The highest BCUT2D eigenvalue weighted by molar-refractivity contribution is 5.82. The van der Waals surface area contributed by atoms with Crippen molar-refractivity contribution in [3.63, 3.8) is 0 Å². The van der Waals surface area contributed by atoms with Crippen LogP contribution in [0.2, 0.25) is 0 Å². The predicted molar refractivity (Wildman–Crippen MR) is 93.8 cm³/mol. The van der Waals surface area contributed by atoms with Crippen molar-refractivity contribution in [1.82, 2.24) is 19.5 Å². The van der Waals surface area contributed by atoms with E-state index in [1.807, 2.05) is 10.6 Å². The molecular formula is C18H20FN5O2. The molecule has 0 saturated heterocycles. The Labute approximate surface area is 149 Å². The van der Waals surface area contributed by atoms with Gasteiger partial charge in [-0.1, -0.05) is 12.1 Å². The van der Waals surface area contributed by atoms with Crippen LogP contribution in [0.3, 0.4) is 0 Å². The number of hydrogen-bond acceptors (Lipinski definition) is 6. The minimum atomic E-state index is -0.722. The summed E-state index contributed by atoms with van der Waals surface area (Å²) in [6, 6.07) is 6.37. The number of halogens is 1. The number of fused-ring (bicyclic) bond motifs is 1. The van der Waals surface area contributed by atoms with Gasteiger partial charge in [-0.2, -0.15) is 0 Å². The average molecular weight is 357 g/mol. The van der Waals surface area contributed by atoms with Crippen LogP contribution in [0.5, 0.6) is 0 Å². The third-order valence-corrected chi connectivity index (χ3v) is 4.89. The molecule has 0 spiro atoms. The molecular weight excluding hydrogens is 337 g/mol. The smallest absolute Gasteiger partial charge is 0.165 e. The second-order valence-electron chi connectivity index (χ2n) is 6.67. The molecule has 0 amide bonds. The van der Waals surface area contributed by atoms with Crippen LogP contribution < -0.4 is 5.32 Å². The fraction of sp³-hybridized carbons (Fsp3) is 0.389. The van der Waals surface area contributed by atoms with Crippen LogP contribution in [-0.4, -0.2) is 41.9 Å². The van der Waals surface area contributed by atoms with Crippen molar-refractivity contribution in [2.24, 2.45) is 5.92 Å². The van der Waals surface area contributed by atoms with E-state index in [0.29, 0.717) is 36.5 Å². The lowest BCUT2D eigenvalue weighted by Gasteiger charge is -2.17. The zero-order valence-electron chi connectivity index (χ0n) is 14.1. The van der Waals surface area contributed by atoms with E-state index in [-0.39, 0.29) is 11.7 Å². The lowest BCUT2D eigenvalue weighted by atomic mass is 10.1. The molecule has 0 radical (unpaired) electrons. The van der Waals surface area contributed by atoms with Crippen LogP contribution in [-0.2, 0) is 13.1 Å². The summed E-state index contributed by atoms with van der Waals surface area (Å²) in [5, 5.41) is 22.9. The minimum Gasteiger partial charge on any atom is -0.390 e. The maximum Gasteiger partial charge on any atom is 0.165 e. The highest BCUT2D eigenvalue weighted by Gasteiger charge is 2.33. The van der Waals surface area contributed by atoms with Crippen molar-refractivity contribution in [2.75, 3.05) is 5.32 Å². The summed E-state index contributed by atoms with van der Waals surface area (Å²) in [5.74, 6) is 0.268. The van der Waals surface area contributed by atoms with E-state index in [9.17, 15) is 14.6 Å². The van der Waals surface area contributed by atoms with Crippen molar-refractivity contribution in [2.45, 2.75) is 38.1 Å². The Bertz CT molecular complexity index is 915. The quantitative estimate of drug-likeness (QED) is 0.643. The van der Waals surface area contributed by atoms with Gasteiger partial charge < -0.3 is 20.1 Å². The van der Waals surface area contributed by atoms with Crippen LogP contribution in [0.15, 0.2) is 36.9 Å². The van der Waals surface area contributed by atoms with Gasteiger partial charge in [-0.05, 0) is 30.5 Å². The van der Waals surface area contributed by atoms with Crippen molar-refractivity contribution >= 4 is 17.0 Å². The number of imidazole rings is 1. The van der Waals surface area contributed by atoms with E-state index in [1.165, 1.54) is 18.5 Å². The molecule has 0 unspecified atom stereocenters. The second kappa shape index (κ2) is 6.97. The number of nitrogens with one attached hydrogen (secondary N) is 1. The molecule has 3 aromatic rings. The monoisotopic (exact) mass is 357 g/mol. The number of nitrogens with zero attached hydrogens (tertiary/aromatic N) is 4. The Kier molecular flexibility index (Phi) is 4.52. The topological polar surface area (TPSA) is 96.1 Å². The van der Waals surface area contributed by atoms with Crippen molar-refractivity contribution in [3.8, 4) is 0 Å². The molecule has 2 heterocycles. The van der Waals surface area contributed by atoms with E-state index in [1.54, 1.807) is 12.4 Å². The molecule has 1 saturated carbocycles. The summed E-state index contributed by atoms with van der Waals surface area (Å²) >= 11 is 0. The third-order valence-electron chi connectivity index (χ3n) is 4.89. The lowest BCUT2D eigenvalue weighted by molar-refractivity contribution is 0.0171. The van der Waals surface area contributed by atoms with Crippen LogP contribution in [0.25, 0.3) is 11.2 Å². The van der Waals surface area contributed by atoms with Gasteiger partial charge in [0.25, 0.3) is 0 Å². The van der Waals surface area contributed by atoms with Gasteiger partial charge in [0.2, 0.25) is 0 Å². The van der Waals surface area contributed by atoms with Crippen LogP contribution >= 0.6 is 0 Å². The van der Waals surface area contributed by atoms with Crippen molar-refractivity contribution in [1.29, 1.82) is 0 Å². The van der Waals surface area contributed by atoms with Gasteiger partial charge in [0.1, 0.15) is 17.7 Å². The molecule has 3 atom stereocenters. The zero-order valence-corrected chi connectivity index (χ0v) is 14.1. The first-order valence-corrected chi connectivity index (χ1v) is 8.62. The number of aliphatic hydroxyl groups excluding tert-OH is 2. The van der Waals surface area contributed by atoms with Gasteiger partial charge in [-0.15, -0.1) is 0 Å². The molecule has 1 fully saturated rings. The zero-order chi connectivity index (χ0) is 18.1. The Morgan fingerprint density at radius 1 is 1.19 bits per heavy atom. The molecule has 4 rings (SSSR count). The van der Waals surface area contributed by atoms with E-state index >= 15 is 0 Å². The molecule has 26 heavy (non-hydrogen) atoms. The van der Waals surface area contributed by atoms with Gasteiger partial charge in [0.05, 0.1) is 18.5 Å². The summed E-state index contributed by atoms with van der Waals surface area (Å²) < 4.78 is 15.2. The number of benzene rings is 1. The van der Waals surface area contributed by atoms with Gasteiger partial charge in [-0.3, -0.25) is 0 Å². The van der Waals surface area contributed by atoms with Crippen LogP contribution in [0, 0.1) is 11.7 Å². The van der Waals surface area contributed by atoms with E-state index in [4.69, 9.17) is 0 Å². The molecule has 2 aromatic heterocycles. The Morgan fingerprint density at radius 3 is 2.85 bits per heavy atom. The summed E-state index contributed by atoms with van der Waals surface area (Å²) in [6.07, 6.45) is 3.11. The summed E-state index contributed by atoms with van der Waals surface area (Å²) in [6.45, 7) is 0.958. The lowest BCUT2D eigenvalue weighted by Crippen LogP contribution is -2.27. The minimum absolute atomic E-state index is 0.0268. The van der Waals surface area contributed by atoms with Crippen LogP contribution in [0.1, 0.15) is 18.4 Å². The van der Waals surface area contributed by atoms with E-state index < -0.39 is 12.2 Å². The first-order valence-electron chi connectivity index (χ1n) is 8.62. The number of anilines is 1. The molecule has 3 N–H and O–H groups in total. The van der Waals surface area contributed by atoms with Gasteiger partial charge in [0, 0.05) is 19.0 Å². The Balaban J connectivity index is 1.53. The molecule has 0 bridgehead atoms. The maximum atomic E-state index is 13.3. The molecule has 8 heteroatoms. The number of hydrogen-bond donors (Lipinski definition) is 3. The third kappa shape index (κ3) is 3.25. The predicted octanol–water partition coefficient (Wildman–Crippen LogP) is 1.71. The van der Waals surface area contributed by atoms with Crippen LogP contribution in [0.4, 0.5) is 10.2 Å². The maximum absolute atomic E-state index is 13.3. The van der Waals surface area contributed by atoms with E-state index in [2.05, 4.69) is 20.3 Å². The number of aromatic nitrogens is 4. The summed E-state index contributed by atoms with van der Waals surface area (Å²) in [5.41, 5.74) is 2.09. The second-order valence-corrected chi connectivity index (χ2v) is 6.67.